The zero-order chi connectivity index (χ0) is 19.7. The van der Waals surface area contributed by atoms with Crippen LogP contribution >= 0.6 is 24.8 Å². The van der Waals surface area contributed by atoms with Gasteiger partial charge in [-0.3, -0.25) is 9.69 Å². The number of hydrogen-bond acceptors (Lipinski definition) is 3. The Labute approximate surface area is 192 Å². The first-order valence-corrected chi connectivity index (χ1v) is 10.4. The van der Waals surface area contributed by atoms with Crippen LogP contribution in [0.5, 0.6) is 0 Å². The molecule has 2 heterocycles. The Hall–Kier alpha value is -1.59. The van der Waals surface area contributed by atoms with Gasteiger partial charge in [-0.15, -0.1) is 24.8 Å². The smallest absolute Gasteiger partial charge is 0.219 e. The van der Waals surface area contributed by atoms with Crippen LogP contribution in [0.2, 0.25) is 0 Å². The van der Waals surface area contributed by atoms with E-state index in [0.29, 0.717) is 18.4 Å². The number of halogens is 2. The van der Waals surface area contributed by atoms with E-state index in [0.717, 1.165) is 32.6 Å². The van der Waals surface area contributed by atoms with Crippen molar-refractivity contribution < 1.29 is 4.79 Å². The van der Waals surface area contributed by atoms with Gasteiger partial charge >= 0.3 is 0 Å². The van der Waals surface area contributed by atoms with Gasteiger partial charge in [0.05, 0.1) is 6.04 Å². The number of carbonyl (C=O) groups is 1. The SMILES string of the molecule is CC(=O)N1C[C@H]2CN(Cc3ccc(CCN)cc3)C[C@H]2[C@@H]1c1ccccc1C.Cl.Cl. The summed E-state index contributed by atoms with van der Waals surface area (Å²) in [6.45, 7) is 8.56. The lowest BCUT2D eigenvalue weighted by atomic mass is 9.87. The molecule has 2 saturated heterocycles. The summed E-state index contributed by atoms with van der Waals surface area (Å²) in [5.74, 6) is 1.27. The van der Waals surface area contributed by atoms with Crippen molar-refractivity contribution in [2.24, 2.45) is 17.6 Å². The Morgan fingerprint density at radius 3 is 2.30 bits per heavy atom. The second-order valence-corrected chi connectivity index (χ2v) is 8.45. The third kappa shape index (κ3) is 5.00. The molecule has 2 aromatic carbocycles. The second kappa shape index (κ2) is 10.6. The summed E-state index contributed by atoms with van der Waals surface area (Å²) in [5.41, 5.74) is 10.9. The summed E-state index contributed by atoms with van der Waals surface area (Å²) in [4.78, 5) is 17.0. The van der Waals surface area contributed by atoms with Crippen molar-refractivity contribution >= 4 is 30.7 Å². The minimum absolute atomic E-state index is 0. The van der Waals surface area contributed by atoms with E-state index in [9.17, 15) is 4.79 Å². The van der Waals surface area contributed by atoms with E-state index in [2.05, 4.69) is 65.3 Å². The number of aryl methyl sites for hydroxylation is 1. The first kappa shape index (κ1) is 24.7. The fourth-order valence-electron chi connectivity index (χ4n) is 5.14. The lowest BCUT2D eigenvalue weighted by molar-refractivity contribution is -0.130. The van der Waals surface area contributed by atoms with Crippen LogP contribution in [-0.4, -0.2) is 41.9 Å². The van der Waals surface area contributed by atoms with Gasteiger partial charge in [0.2, 0.25) is 5.91 Å². The third-order valence-corrected chi connectivity index (χ3v) is 6.51. The quantitative estimate of drug-likeness (QED) is 0.750. The highest BCUT2D eigenvalue weighted by molar-refractivity contribution is 5.85. The maximum atomic E-state index is 12.3. The van der Waals surface area contributed by atoms with Gasteiger partial charge in [-0.05, 0) is 48.1 Å². The molecule has 2 aliphatic heterocycles. The topological polar surface area (TPSA) is 49.6 Å². The van der Waals surface area contributed by atoms with Crippen molar-refractivity contribution in [3.63, 3.8) is 0 Å². The number of hydrogen-bond donors (Lipinski definition) is 1. The summed E-state index contributed by atoms with van der Waals surface area (Å²) in [6, 6.07) is 17.6. The van der Waals surface area contributed by atoms with Crippen molar-refractivity contribution in [1.82, 2.24) is 9.80 Å². The Balaban J connectivity index is 0.00000160. The first-order chi connectivity index (χ1) is 13.6. The van der Waals surface area contributed by atoms with Crippen molar-refractivity contribution in [1.29, 1.82) is 0 Å². The van der Waals surface area contributed by atoms with Crippen LogP contribution in [0.4, 0.5) is 0 Å². The molecular weight excluding hydrogens is 417 g/mol. The predicted octanol–water partition coefficient (Wildman–Crippen LogP) is 3.99. The van der Waals surface area contributed by atoms with Crippen LogP contribution in [-0.2, 0) is 17.8 Å². The lowest BCUT2D eigenvalue weighted by Crippen LogP contribution is -2.34. The van der Waals surface area contributed by atoms with E-state index in [1.54, 1.807) is 6.92 Å². The predicted molar refractivity (Wildman–Crippen MR) is 127 cm³/mol. The summed E-state index contributed by atoms with van der Waals surface area (Å²) in [7, 11) is 0. The number of rotatable bonds is 5. The van der Waals surface area contributed by atoms with E-state index < -0.39 is 0 Å². The van der Waals surface area contributed by atoms with Gasteiger partial charge in [-0.2, -0.15) is 0 Å². The van der Waals surface area contributed by atoms with Gasteiger partial charge in [0.15, 0.2) is 0 Å². The maximum Gasteiger partial charge on any atom is 0.219 e. The van der Waals surface area contributed by atoms with Gasteiger partial charge < -0.3 is 10.6 Å². The average molecular weight is 450 g/mol. The molecule has 2 aromatic rings. The van der Waals surface area contributed by atoms with E-state index in [1.165, 1.54) is 22.3 Å². The van der Waals surface area contributed by atoms with Crippen molar-refractivity contribution in [2.75, 3.05) is 26.2 Å². The molecule has 4 nitrogen and oxygen atoms in total. The molecule has 164 valence electrons. The van der Waals surface area contributed by atoms with Gasteiger partial charge in [-0.1, -0.05) is 48.5 Å². The molecule has 0 unspecified atom stereocenters. The summed E-state index contributed by atoms with van der Waals surface area (Å²) in [6.07, 6.45) is 0.938. The van der Waals surface area contributed by atoms with Crippen LogP contribution < -0.4 is 5.73 Å². The van der Waals surface area contributed by atoms with E-state index in [-0.39, 0.29) is 36.8 Å². The second-order valence-electron chi connectivity index (χ2n) is 8.45. The molecular formula is C24H33Cl2N3O. The minimum atomic E-state index is 0. The number of benzene rings is 2. The Kier molecular flexibility index (Phi) is 8.74. The Morgan fingerprint density at radius 1 is 1.00 bits per heavy atom. The molecule has 2 fully saturated rings. The Bertz CT molecular complexity index is 843. The molecule has 30 heavy (non-hydrogen) atoms. The van der Waals surface area contributed by atoms with Crippen molar-refractivity contribution in [3.05, 3.63) is 70.8 Å². The molecule has 0 aromatic heterocycles. The molecule has 6 heteroatoms. The van der Waals surface area contributed by atoms with Crippen LogP contribution in [0.1, 0.15) is 35.2 Å². The minimum Gasteiger partial charge on any atom is -0.335 e. The number of fused-ring (bicyclic) bond motifs is 1. The summed E-state index contributed by atoms with van der Waals surface area (Å²) in [5, 5.41) is 0. The van der Waals surface area contributed by atoms with E-state index >= 15 is 0 Å². The molecule has 2 N–H and O–H groups in total. The van der Waals surface area contributed by atoms with Gasteiger partial charge in [0.25, 0.3) is 0 Å². The molecule has 0 radical (unpaired) electrons. The van der Waals surface area contributed by atoms with Crippen molar-refractivity contribution in [3.8, 4) is 0 Å². The molecule has 4 rings (SSSR count). The molecule has 2 aliphatic rings. The fourth-order valence-corrected chi connectivity index (χ4v) is 5.14. The normalized spacial score (nSPS) is 22.9. The number of amides is 1. The standard InChI is InChI=1S/C24H31N3O.2ClH/c1-17-5-3-4-6-22(17)24-23-16-26(14-21(23)15-27(24)18(2)28)13-20-9-7-19(8-10-20)11-12-25;;/h3-10,21,23-24H,11-16,25H2,1-2H3;2*1H/t21-,23-,24+;;/m1../s1. The lowest BCUT2D eigenvalue weighted by Gasteiger charge is -2.30. The average Bonchev–Trinajstić information content (AvgIpc) is 3.21. The molecule has 1 amide bonds. The van der Waals surface area contributed by atoms with Gasteiger partial charge in [-0.25, -0.2) is 0 Å². The monoisotopic (exact) mass is 449 g/mol. The number of nitrogens with zero attached hydrogens (tertiary/aromatic N) is 2. The largest absolute Gasteiger partial charge is 0.335 e. The number of likely N-dealkylation sites (tertiary alicyclic amines) is 2. The Morgan fingerprint density at radius 2 is 1.67 bits per heavy atom. The molecule has 3 atom stereocenters. The number of nitrogens with two attached hydrogens (primary N) is 1. The summed E-state index contributed by atoms with van der Waals surface area (Å²) >= 11 is 0. The zero-order valence-corrected chi connectivity index (χ0v) is 19.4. The molecule has 0 spiro atoms. The zero-order valence-electron chi connectivity index (χ0n) is 17.8. The maximum absolute atomic E-state index is 12.3. The third-order valence-electron chi connectivity index (χ3n) is 6.51. The van der Waals surface area contributed by atoms with E-state index in [1.807, 2.05) is 0 Å². The highest BCUT2D eigenvalue weighted by atomic mass is 35.5. The van der Waals surface area contributed by atoms with Gasteiger partial charge in [0, 0.05) is 39.0 Å². The van der Waals surface area contributed by atoms with Crippen LogP contribution in [0, 0.1) is 18.8 Å². The molecule has 0 saturated carbocycles. The van der Waals surface area contributed by atoms with Crippen LogP contribution in [0.15, 0.2) is 48.5 Å². The molecule has 0 bridgehead atoms. The highest BCUT2D eigenvalue weighted by Crippen LogP contribution is 2.46. The fraction of sp³-hybridized carbons (Fsp3) is 0.458. The van der Waals surface area contributed by atoms with Gasteiger partial charge in [0.1, 0.15) is 0 Å². The van der Waals surface area contributed by atoms with Crippen molar-refractivity contribution in [2.45, 2.75) is 32.9 Å². The molecule has 0 aliphatic carbocycles. The highest BCUT2D eigenvalue weighted by Gasteiger charge is 2.48. The number of carbonyl (C=O) groups excluding carboxylic acids is 1. The van der Waals surface area contributed by atoms with E-state index in [4.69, 9.17) is 5.73 Å². The summed E-state index contributed by atoms with van der Waals surface area (Å²) < 4.78 is 0. The van der Waals surface area contributed by atoms with Crippen LogP contribution in [0.3, 0.4) is 0 Å². The first-order valence-electron chi connectivity index (χ1n) is 10.4. The van der Waals surface area contributed by atoms with Crippen LogP contribution in [0.25, 0.3) is 0 Å².